The summed E-state index contributed by atoms with van der Waals surface area (Å²) in [7, 11) is 0. The van der Waals surface area contributed by atoms with Gasteiger partial charge < -0.3 is 15.6 Å². The Balaban J connectivity index is 1.72. The minimum atomic E-state index is -0.976. The fourth-order valence-electron chi connectivity index (χ4n) is 3.69. The molecule has 3 rings (SSSR count). The molecular weight excluding hydrogens is 392 g/mol. The number of nitrogens with two attached hydrogens (primary N) is 1. The topological polar surface area (TPSA) is 142 Å². The molecule has 1 atom stereocenters. The highest BCUT2D eigenvalue weighted by atomic mass is 16.5. The number of piperidine rings is 1. The fourth-order valence-corrected chi connectivity index (χ4v) is 3.69. The van der Waals surface area contributed by atoms with Gasteiger partial charge in [0.2, 0.25) is 11.8 Å². The van der Waals surface area contributed by atoms with Gasteiger partial charge in [0.05, 0.1) is 30.9 Å². The number of hydrogen-bond donors (Lipinski definition) is 3. The van der Waals surface area contributed by atoms with E-state index < -0.39 is 29.7 Å². The van der Waals surface area contributed by atoms with Crippen molar-refractivity contribution in [2.45, 2.75) is 25.4 Å². The summed E-state index contributed by atoms with van der Waals surface area (Å²) in [6, 6.07) is 4.06. The maximum atomic E-state index is 12.9. The van der Waals surface area contributed by atoms with Crippen LogP contribution in [0, 0.1) is 0 Å². The molecule has 1 saturated heterocycles. The van der Waals surface area contributed by atoms with Crippen LogP contribution in [0.15, 0.2) is 18.2 Å². The molecule has 0 spiro atoms. The Labute approximate surface area is 173 Å². The number of carbonyl (C=O) groups excluding carboxylic acids is 4. The van der Waals surface area contributed by atoms with Gasteiger partial charge in [-0.05, 0) is 24.1 Å². The average molecular weight is 418 g/mol. The summed E-state index contributed by atoms with van der Waals surface area (Å²) >= 11 is 0. The number of ether oxygens (including phenoxy) is 1. The van der Waals surface area contributed by atoms with E-state index in [4.69, 9.17) is 15.6 Å². The van der Waals surface area contributed by atoms with Crippen LogP contribution in [0.25, 0.3) is 0 Å². The molecule has 1 aromatic rings. The number of nitrogens with one attached hydrogen (secondary N) is 1. The number of fused-ring (bicyclic) bond motifs is 1. The molecular formula is C20H26N4O6. The Morgan fingerprint density at radius 2 is 1.90 bits per heavy atom. The number of imide groups is 2. The van der Waals surface area contributed by atoms with Gasteiger partial charge in [-0.2, -0.15) is 0 Å². The summed E-state index contributed by atoms with van der Waals surface area (Å²) in [6.45, 7) is 2.84. The van der Waals surface area contributed by atoms with E-state index in [1.807, 2.05) is 0 Å². The van der Waals surface area contributed by atoms with Gasteiger partial charge in [0.25, 0.3) is 11.8 Å². The molecule has 0 saturated carbocycles. The molecule has 0 radical (unpaired) electrons. The molecule has 10 nitrogen and oxygen atoms in total. The van der Waals surface area contributed by atoms with Gasteiger partial charge in [0.1, 0.15) is 6.04 Å². The maximum absolute atomic E-state index is 12.9. The molecule has 0 aliphatic carbocycles. The third kappa shape index (κ3) is 4.73. The largest absolute Gasteiger partial charge is 0.394 e. The highest BCUT2D eigenvalue weighted by Crippen LogP contribution is 2.28. The van der Waals surface area contributed by atoms with Crippen LogP contribution >= 0.6 is 0 Å². The van der Waals surface area contributed by atoms with Gasteiger partial charge in [-0.15, -0.1) is 0 Å². The van der Waals surface area contributed by atoms with Crippen molar-refractivity contribution in [3.8, 4) is 0 Å². The van der Waals surface area contributed by atoms with Crippen LogP contribution in [0.3, 0.4) is 0 Å². The van der Waals surface area contributed by atoms with Crippen LogP contribution < -0.4 is 11.1 Å². The van der Waals surface area contributed by atoms with Gasteiger partial charge in [-0.1, -0.05) is 6.07 Å². The highest BCUT2D eigenvalue weighted by molar-refractivity contribution is 6.23. The van der Waals surface area contributed by atoms with Gasteiger partial charge in [0, 0.05) is 32.6 Å². The number of benzene rings is 1. The summed E-state index contributed by atoms with van der Waals surface area (Å²) in [5.41, 5.74) is 7.02. The lowest BCUT2D eigenvalue weighted by atomic mass is 10.0. The molecule has 2 heterocycles. The van der Waals surface area contributed by atoms with Gasteiger partial charge in [-0.3, -0.25) is 34.3 Å². The quantitative estimate of drug-likeness (QED) is 0.320. The monoisotopic (exact) mass is 418 g/mol. The zero-order valence-electron chi connectivity index (χ0n) is 16.6. The van der Waals surface area contributed by atoms with Crippen LogP contribution in [-0.4, -0.2) is 84.0 Å². The first-order valence-electron chi connectivity index (χ1n) is 9.91. The van der Waals surface area contributed by atoms with E-state index >= 15 is 0 Å². The maximum Gasteiger partial charge on any atom is 0.262 e. The number of nitrogens with zero attached hydrogens (tertiary/aromatic N) is 2. The minimum absolute atomic E-state index is 0.0402. The van der Waals surface area contributed by atoms with Crippen LogP contribution in [0.5, 0.6) is 0 Å². The normalized spacial score (nSPS) is 18.9. The smallest absolute Gasteiger partial charge is 0.262 e. The van der Waals surface area contributed by atoms with Crippen molar-refractivity contribution in [2.75, 3.05) is 39.5 Å². The number of aliphatic hydroxyl groups excluding tert-OH is 1. The molecule has 4 amide bonds. The van der Waals surface area contributed by atoms with Crippen LogP contribution in [-0.2, 0) is 20.9 Å². The second-order valence-electron chi connectivity index (χ2n) is 7.23. The Kier molecular flexibility index (Phi) is 7.27. The van der Waals surface area contributed by atoms with E-state index in [0.717, 1.165) is 10.5 Å². The molecule has 0 aromatic heterocycles. The van der Waals surface area contributed by atoms with Crippen molar-refractivity contribution in [3.63, 3.8) is 0 Å². The Morgan fingerprint density at radius 3 is 2.60 bits per heavy atom. The first kappa shape index (κ1) is 22.0. The number of amides is 4. The molecule has 162 valence electrons. The van der Waals surface area contributed by atoms with Crippen molar-refractivity contribution in [2.24, 2.45) is 5.73 Å². The summed E-state index contributed by atoms with van der Waals surface area (Å²) in [5.74, 6) is -2.08. The van der Waals surface area contributed by atoms with Crippen LogP contribution in [0.2, 0.25) is 0 Å². The lowest BCUT2D eigenvalue weighted by Gasteiger charge is -2.27. The zero-order valence-corrected chi connectivity index (χ0v) is 16.6. The van der Waals surface area contributed by atoms with E-state index in [2.05, 4.69) is 10.2 Å². The predicted octanol–water partition coefficient (Wildman–Crippen LogP) is -1.14. The van der Waals surface area contributed by atoms with Gasteiger partial charge >= 0.3 is 0 Å². The third-order valence-electron chi connectivity index (χ3n) is 5.14. The standard InChI is InChI=1S/C20H26N4O6/c21-5-6-23(7-9-30-10-8-25)12-13-1-2-14-15(11-13)20(29)24(19(14)28)16-3-4-17(26)22-18(16)27/h1-2,11,16,25H,3-10,12,21H2,(H,22,26,27). The zero-order chi connectivity index (χ0) is 21.7. The van der Waals surface area contributed by atoms with Crippen molar-refractivity contribution in [1.29, 1.82) is 0 Å². The van der Waals surface area contributed by atoms with Crippen molar-refractivity contribution < 1.29 is 29.0 Å². The lowest BCUT2D eigenvalue weighted by molar-refractivity contribution is -0.136. The van der Waals surface area contributed by atoms with E-state index in [9.17, 15) is 19.2 Å². The van der Waals surface area contributed by atoms with Gasteiger partial charge in [0.15, 0.2) is 0 Å². The predicted molar refractivity (Wildman–Crippen MR) is 105 cm³/mol. The Hall–Kier alpha value is -2.66. The molecule has 10 heteroatoms. The van der Waals surface area contributed by atoms with E-state index in [-0.39, 0.29) is 37.2 Å². The molecule has 0 bridgehead atoms. The highest BCUT2D eigenvalue weighted by Gasteiger charge is 2.44. The summed E-state index contributed by atoms with van der Waals surface area (Å²) in [4.78, 5) is 52.2. The van der Waals surface area contributed by atoms with E-state index in [0.29, 0.717) is 32.8 Å². The Bertz CT molecular complexity index is 843. The third-order valence-corrected chi connectivity index (χ3v) is 5.14. The van der Waals surface area contributed by atoms with Crippen molar-refractivity contribution in [1.82, 2.24) is 15.1 Å². The lowest BCUT2D eigenvalue weighted by Crippen LogP contribution is -2.54. The molecule has 1 unspecified atom stereocenters. The number of rotatable bonds is 10. The molecule has 4 N–H and O–H groups in total. The Morgan fingerprint density at radius 1 is 1.13 bits per heavy atom. The van der Waals surface area contributed by atoms with E-state index in [1.54, 1.807) is 18.2 Å². The van der Waals surface area contributed by atoms with Gasteiger partial charge in [-0.25, -0.2) is 0 Å². The second kappa shape index (κ2) is 9.90. The fraction of sp³-hybridized carbons (Fsp3) is 0.500. The number of carbonyl (C=O) groups is 4. The molecule has 2 aliphatic rings. The first-order chi connectivity index (χ1) is 14.5. The van der Waals surface area contributed by atoms with Crippen molar-refractivity contribution in [3.05, 3.63) is 34.9 Å². The summed E-state index contributed by atoms with van der Waals surface area (Å²) in [5, 5.41) is 11.0. The number of aliphatic hydroxyl groups is 1. The molecule has 30 heavy (non-hydrogen) atoms. The second-order valence-corrected chi connectivity index (χ2v) is 7.23. The van der Waals surface area contributed by atoms with Crippen LogP contribution in [0.4, 0.5) is 0 Å². The van der Waals surface area contributed by atoms with Crippen LogP contribution in [0.1, 0.15) is 39.1 Å². The average Bonchev–Trinajstić information content (AvgIpc) is 2.96. The SMILES string of the molecule is NCCN(CCOCCO)Cc1ccc2c(c1)C(=O)N(C1CCC(=O)NC1=O)C2=O. The molecule has 1 aromatic carbocycles. The molecule has 2 aliphatic heterocycles. The van der Waals surface area contributed by atoms with Crippen molar-refractivity contribution >= 4 is 23.6 Å². The summed E-state index contributed by atoms with van der Waals surface area (Å²) < 4.78 is 5.30. The molecule has 1 fully saturated rings. The summed E-state index contributed by atoms with van der Waals surface area (Å²) in [6.07, 6.45) is 0.211. The first-order valence-corrected chi connectivity index (χ1v) is 9.91. The minimum Gasteiger partial charge on any atom is -0.394 e. The number of hydrogen-bond acceptors (Lipinski definition) is 8. The van der Waals surface area contributed by atoms with E-state index in [1.165, 1.54) is 0 Å².